The molecule has 1 fully saturated rings. The number of hydrogen-bond donors (Lipinski definition) is 5. The van der Waals surface area contributed by atoms with Crippen molar-refractivity contribution in [2.24, 2.45) is 5.92 Å². The first-order valence-electron chi connectivity index (χ1n) is 13.2. The third-order valence-electron chi connectivity index (χ3n) is 7.14. The molecule has 2 aliphatic rings. The molecule has 12 heteroatoms. The van der Waals surface area contributed by atoms with Gasteiger partial charge in [0.2, 0.25) is 6.29 Å². The largest absolute Gasteiger partial charge is 0.508 e. The van der Waals surface area contributed by atoms with Crippen LogP contribution in [0.1, 0.15) is 43.6 Å². The number of aromatic hydroxyl groups is 1. The summed E-state index contributed by atoms with van der Waals surface area (Å²) in [6.45, 7) is 6.77. The van der Waals surface area contributed by atoms with Crippen molar-refractivity contribution in [1.29, 1.82) is 0 Å². The van der Waals surface area contributed by atoms with Gasteiger partial charge in [0.25, 0.3) is 0 Å². The Labute approximate surface area is 239 Å². The first-order valence-corrected chi connectivity index (χ1v) is 13.2. The standard InChI is InChI=1S/C30H30O12/c1-12(2)20(33)19-25-15(9-10-30(3,4)42-25)24-18(16(11-17(32)39-24)13-5-7-14(31)8-6-13)26(19)40-29-23(36)21(34)22(35)27(41-29)28(37)38/h5-12,21-23,27,29,31,34-36H,1-4H3,(H,37,38). The van der Waals surface area contributed by atoms with Gasteiger partial charge in [0.05, 0.1) is 10.9 Å². The molecule has 42 heavy (non-hydrogen) atoms. The molecular formula is C30H30O12. The van der Waals surface area contributed by atoms with Crippen molar-refractivity contribution in [2.45, 2.75) is 64.0 Å². The van der Waals surface area contributed by atoms with E-state index >= 15 is 0 Å². The van der Waals surface area contributed by atoms with Gasteiger partial charge in [-0.2, -0.15) is 0 Å². The Hall–Kier alpha value is -4.23. The Morgan fingerprint density at radius 2 is 1.69 bits per heavy atom. The van der Waals surface area contributed by atoms with Crippen LogP contribution < -0.4 is 15.1 Å². The first-order chi connectivity index (χ1) is 19.7. The quantitative estimate of drug-likeness (QED) is 0.211. The minimum absolute atomic E-state index is 0.0235. The summed E-state index contributed by atoms with van der Waals surface area (Å²) < 4.78 is 23.4. The van der Waals surface area contributed by atoms with E-state index < -0.39 is 59.6 Å². The number of aliphatic hydroxyl groups is 3. The maximum Gasteiger partial charge on any atom is 0.336 e. The van der Waals surface area contributed by atoms with Crippen LogP contribution in [0.25, 0.3) is 28.2 Å². The summed E-state index contributed by atoms with van der Waals surface area (Å²) in [5, 5.41) is 50.9. The number of carboxylic acid groups (broad SMARTS) is 1. The highest BCUT2D eigenvalue weighted by Crippen LogP contribution is 2.49. The minimum atomic E-state index is -1.98. The second kappa shape index (κ2) is 10.6. The number of carbonyl (C=O) groups is 2. The summed E-state index contributed by atoms with van der Waals surface area (Å²) in [5.74, 6) is -2.98. The second-order valence-corrected chi connectivity index (χ2v) is 11.1. The zero-order valence-corrected chi connectivity index (χ0v) is 23.1. The van der Waals surface area contributed by atoms with E-state index in [1.165, 1.54) is 24.3 Å². The van der Waals surface area contributed by atoms with Crippen LogP contribution >= 0.6 is 0 Å². The molecule has 5 atom stereocenters. The lowest BCUT2D eigenvalue weighted by Crippen LogP contribution is -2.61. The van der Waals surface area contributed by atoms with E-state index in [4.69, 9.17) is 18.6 Å². The van der Waals surface area contributed by atoms with Crippen molar-refractivity contribution >= 4 is 28.8 Å². The molecule has 0 spiro atoms. The van der Waals surface area contributed by atoms with Crippen LogP contribution in [0, 0.1) is 5.92 Å². The fourth-order valence-corrected chi connectivity index (χ4v) is 4.98. The van der Waals surface area contributed by atoms with Gasteiger partial charge in [-0.1, -0.05) is 26.0 Å². The Morgan fingerprint density at radius 3 is 2.31 bits per heavy atom. The van der Waals surface area contributed by atoms with Crippen molar-refractivity contribution in [1.82, 2.24) is 0 Å². The van der Waals surface area contributed by atoms with E-state index in [0.717, 1.165) is 6.07 Å². The van der Waals surface area contributed by atoms with E-state index in [2.05, 4.69) is 0 Å². The molecule has 222 valence electrons. The average Bonchev–Trinajstić information content (AvgIpc) is 2.92. The summed E-state index contributed by atoms with van der Waals surface area (Å²) in [6, 6.07) is 7.00. The summed E-state index contributed by atoms with van der Waals surface area (Å²) >= 11 is 0. The molecule has 0 saturated carbocycles. The number of carbonyl (C=O) groups excluding carboxylic acids is 1. The van der Waals surface area contributed by atoms with Gasteiger partial charge in [-0.3, -0.25) is 4.79 Å². The van der Waals surface area contributed by atoms with Crippen LogP contribution in [-0.4, -0.2) is 73.6 Å². The lowest BCUT2D eigenvalue weighted by molar-refractivity contribution is -0.271. The highest BCUT2D eigenvalue weighted by molar-refractivity contribution is 6.13. The molecule has 0 bridgehead atoms. The number of ether oxygens (including phenoxy) is 3. The van der Waals surface area contributed by atoms with Gasteiger partial charge in [0.1, 0.15) is 46.7 Å². The highest BCUT2D eigenvalue weighted by atomic mass is 16.7. The van der Waals surface area contributed by atoms with Gasteiger partial charge < -0.3 is 44.2 Å². The first kappa shape index (κ1) is 29.3. The van der Waals surface area contributed by atoms with Crippen LogP contribution in [0.4, 0.5) is 0 Å². The van der Waals surface area contributed by atoms with Gasteiger partial charge in [0, 0.05) is 17.5 Å². The number of rotatable bonds is 6. The van der Waals surface area contributed by atoms with Gasteiger partial charge in [-0.05, 0) is 43.7 Å². The molecule has 0 amide bonds. The van der Waals surface area contributed by atoms with Gasteiger partial charge in [-0.15, -0.1) is 0 Å². The van der Waals surface area contributed by atoms with Crippen molar-refractivity contribution < 1.29 is 53.7 Å². The van der Waals surface area contributed by atoms with Crippen LogP contribution in [0.15, 0.2) is 45.6 Å². The van der Waals surface area contributed by atoms with E-state index in [1.54, 1.807) is 39.8 Å². The molecule has 3 heterocycles. The Morgan fingerprint density at radius 1 is 1.02 bits per heavy atom. The number of carboxylic acids is 1. The summed E-state index contributed by atoms with van der Waals surface area (Å²) in [7, 11) is 0. The Balaban J connectivity index is 1.88. The summed E-state index contributed by atoms with van der Waals surface area (Å²) in [6.07, 6.45) is -6.41. The molecule has 0 radical (unpaired) electrons. The maximum atomic E-state index is 13.9. The molecular weight excluding hydrogens is 552 g/mol. The Bertz CT molecular complexity index is 1650. The SMILES string of the molecule is CC(C)C(=O)c1c2c(c3oc(=O)cc(-c4ccc(O)cc4)c3c1OC1OC(C(=O)O)C(O)C(O)C1O)C=CC(C)(C)O2. The third kappa shape index (κ3) is 5.02. The molecule has 1 aromatic heterocycles. The zero-order valence-electron chi connectivity index (χ0n) is 23.1. The zero-order chi connectivity index (χ0) is 30.7. The smallest absolute Gasteiger partial charge is 0.336 e. The van der Waals surface area contributed by atoms with E-state index in [9.17, 15) is 39.9 Å². The number of Topliss-reactive ketones (excluding diaryl/α,β-unsaturated/α-hetero) is 1. The number of aliphatic hydroxyl groups excluding tert-OH is 3. The second-order valence-electron chi connectivity index (χ2n) is 11.1. The molecule has 0 aliphatic carbocycles. The number of phenolic OH excluding ortho intramolecular Hbond substituents is 1. The number of aliphatic carboxylic acids is 1. The lowest BCUT2D eigenvalue weighted by Gasteiger charge is -2.39. The van der Waals surface area contributed by atoms with E-state index in [1.807, 2.05) is 0 Å². The predicted molar refractivity (Wildman–Crippen MR) is 147 cm³/mol. The van der Waals surface area contributed by atoms with Crippen molar-refractivity contribution in [3.05, 3.63) is 58.0 Å². The molecule has 5 unspecified atom stereocenters. The molecule has 12 nitrogen and oxygen atoms in total. The Kier molecular flexibility index (Phi) is 7.35. The molecule has 5 rings (SSSR count). The topological polar surface area (TPSA) is 193 Å². The van der Waals surface area contributed by atoms with Gasteiger partial charge in [-0.25, -0.2) is 9.59 Å². The minimum Gasteiger partial charge on any atom is -0.508 e. The molecule has 5 N–H and O–H groups in total. The molecule has 2 aromatic carbocycles. The fourth-order valence-electron chi connectivity index (χ4n) is 4.98. The maximum absolute atomic E-state index is 13.9. The number of ketones is 1. The van der Waals surface area contributed by atoms with E-state index in [-0.39, 0.29) is 44.9 Å². The predicted octanol–water partition coefficient (Wildman–Crippen LogP) is 2.46. The lowest BCUT2D eigenvalue weighted by atomic mass is 9.89. The summed E-state index contributed by atoms with van der Waals surface area (Å²) in [5.41, 5.74) is -0.890. The van der Waals surface area contributed by atoms with Crippen LogP contribution in [0.2, 0.25) is 0 Å². The molecule has 2 aliphatic heterocycles. The number of phenols is 1. The average molecular weight is 583 g/mol. The van der Waals surface area contributed by atoms with Gasteiger partial charge >= 0.3 is 11.6 Å². The number of benzene rings is 2. The highest BCUT2D eigenvalue weighted by Gasteiger charge is 2.49. The van der Waals surface area contributed by atoms with Gasteiger partial charge in [0.15, 0.2) is 17.5 Å². The monoisotopic (exact) mass is 582 g/mol. The number of fused-ring (bicyclic) bond motifs is 3. The fraction of sp³-hybridized carbons (Fsp3) is 0.367. The third-order valence-corrected chi connectivity index (χ3v) is 7.14. The molecule has 1 saturated heterocycles. The van der Waals surface area contributed by atoms with Crippen LogP contribution in [0.3, 0.4) is 0 Å². The van der Waals surface area contributed by atoms with Crippen molar-refractivity contribution in [3.8, 4) is 28.4 Å². The van der Waals surface area contributed by atoms with Crippen LogP contribution in [-0.2, 0) is 9.53 Å². The van der Waals surface area contributed by atoms with E-state index in [0.29, 0.717) is 5.56 Å². The van der Waals surface area contributed by atoms with Crippen molar-refractivity contribution in [3.63, 3.8) is 0 Å². The van der Waals surface area contributed by atoms with Crippen molar-refractivity contribution in [2.75, 3.05) is 0 Å². The van der Waals surface area contributed by atoms with Crippen LogP contribution in [0.5, 0.6) is 17.2 Å². The number of hydrogen-bond acceptors (Lipinski definition) is 11. The summed E-state index contributed by atoms with van der Waals surface area (Å²) in [4.78, 5) is 38.5. The molecule has 3 aromatic rings. The normalized spacial score (nSPS) is 24.7.